The van der Waals surface area contributed by atoms with E-state index in [2.05, 4.69) is 0 Å². The van der Waals surface area contributed by atoms with Gasteiger partial charge in [0.2, 0.25) is 0 Å². The molecule has 5 nitrogen and oxygen atoms in total. The van der Waals surface area contributed by atoms with Crippen LogP contribution in [0.5, 0.6) is 5.75 Å². The zero-order valence-corrected chi connectivity index (χ0v) is 22.5. The standard InChI is InChI=1S/C36H28O5/c1-41-31-19-11-10-18-27(31)33-32(29(37)21-20-23-12-4-2-5-13-23)30(38)22-28(24-14-6-3-7-15-24)36(33)34(39)25-16-8-9-17-26(25)35(36)40/h2-21,28,32-33H,22H2,1H3/b21-20+. The van der Waals surface area contributed by atoms with E-state index in [4.69, 9.17) is 4.74 Å². The van der Waals surface area contributed by atoms with Crippen molar-refractivity contribution in [2.24, 2.45) is 11.3 Å². The number of carbonyl (C=O) groups is 4. The Labute approximate surface area is 238 Å². The number of ether oxygens (including phenoxy) is 1. The van der Waals surface area contributed by atoms with Crippen LogP contribution in [-0.4, -0.2) is 30.2 Å². The third-order valence-corrected chi connectivity index (χ3v) is 8.52. The Balaban J connectivity index is 1.62. The number of hydrogen-bond donors (Lipinski definition) is 0. The van der Waals surface area contributed by atoms with Crippen LogP contribution in [0.25, 0.3) is 6.08 Å². The maximum Gasteiger partial charge on any atom is 0.178 e. The summed E-state index contributed by atoms with van der Waals surface area (Å²) in [7, 11) is 1.50. The molecule has 202 valence electrons. The van der Waals surface area contributed by atoms with Gasteiger partial charge < -0.3 is 4.74 Å². The lowest BCUT2D eigenvalue weighted by Gasteiger charge is -2.48. The first-order valence-electron chi connectivity index (χ1n) is 13.6. The Kier molecular flexibility index (Phi) is 6.80. The third-order valence-electron chi connectivity index (χ3n) is 8.52. The monoisotopic (exact) mass is 540 g/mol. The van der Waals surface area contributed by atoms with Gasteiger partial charge >= 0.3 is 0 Å². The van der Waals surface area contributed by atoms with E-state index in [9.17, 15) is 19.2 Å². The van der Waals surface area contributed by atoms with Gasteiger partial charge in [-0.15, -0.1) is 0 Å². The molecule has 0 amide bonds. The van der Waals surface area contributed by atoms with E-state index < -0.39 is 29.0 Å². The van der Waals surface area contributed by atoms with E-state index >= 15 is 0 Å². The molecule has 0 aliphatic heterocycles. The van der Waals surface area contributed by atoms with Crippen molar-refractivity contribution in [3.05, 3.63) is 143 Å². The highest BCUT2D eigenvalue weighted by atomic mass is 16.5. The molecule has 0 N–H and O–H groups in total. The van der Waals surface area contributed by atoms with Crippen LogP contribution in [0.3, 0.4) is 0 Å². The number of ketones is 4. The molecule has 3 unspecified atom stereocenters. The first-order chi connectivity index (χ1) is 20.0. The van der Waals surface area contributed by atoms with E-state index in [0.717, 1.165) is 5.56 Å². The van der Waals surface area contributed by atoms with Crippen LogP contribution >= 0.6 is 0 Å². The first-order valence-corrected chi connectivity index (χ1v) is 13.6. The molecule has 0 saturated heterocycles. The summed E-state index contributed by atoms with van der Waals surface area (Å²) in [5.41, 5.74) is 0.924. The normalized spacial score (nSPS) is 21.3. The molecule has 2 aliphatic rings. The number of Topliss-reactive ketones (excluding diaryl/α,β-unsaturated/α-hetero) is 3. The zero-order chi connectivity index (χ0) is 28.6. The maximum atomic E-state index is 14.7. The van der Waals surface area contributed by atoms with Gasteiger partial charge in [-0.3, -0.25) is 19.2 Å². The minimum atomic E-state index is -1.71. The Bertz CT molecular complexity index is 1650. The molecule has 0 bridgehead atoms. The number of para-hydroxylation sites is 1. The van der Waals surface area contributed by atoms with E-state index in [0.29, 0.717) is 28.0 Å². The van der Waals surface area contributed by atoms with E-state index in [-0.39, 0.29) is 23.8 Å². The Morgan fingerprint density at radius 2 is 1.32 bits per heavy atom. The summed E-state index contributed by atoms with van der Waals surface area (Å²) in [5.74, 6) is -4.16. The molecule has 1 spiro atoms. The van der Waals surface area contributed by atoms with Crippen LogP contribution in [0.4, 0.5) is 0 Å². The Morgan fingerprint density at radius 3 is 1.95 bits per heavy atom. The minimum absolute atomic E-state index is 0.114. The predicted molar refractivity (Wildman–Crippen MR) is 156 cm³/mol. The summed E-state index contributed by atoms with van der Waals surface area (Å²) in [4.78, 5) is 57.6. The summed E-state index contributed by atoms with van der Waals surface area (Å²) in [6.45, 7) is 0. The number of hydrogen-bond acceptors (Lipinski definition) is 5. The van der Waals surface area contributed by atoms with Crippen molar-refractivity contribution >= 4 is 29.2 Å². The lowest BCUT2D eigenvalue weighted by molar-refractivity contribution is -0.135. The molecular weight excluding hydrogens is 512 g/mol. The molecule has 4 aromatic carbocycles. The molecule has 0 aromatic heterocycles. The molecule has 1 saturated carbocycles. The summed E-state index contributed by atoms with van der Waals surface area (Å²) in [6.07, 6.45) is 2.95. The van der Waals surface area contributed by atoms with Gasteiger partial charge in [0, 0.05) is 29.4 Å². The van der Waals surface area contributed by atoms with Crippen LogP contribution in [0.1, 0.15) is 55.7 Å². The highest BCUT2D eigenvalue weighted by Crippen LogP contribution is 2.62. The lowest BCUT2D eigenvalue weighted by atomic mass is 9.50. The van der Waals surface area contributed by atoms with E-state index in [1.54, 1.807) is 54.6 Å². The van der Waals surface area contributed by atoms with Gasteiger partial charge in [-0.25, -0.2) is 0 Å². The van der Waals surface area contributed by atoms with Crippen LogP contribution in [0.15, 0.2) is 115 Å². The second-order valence-corrected chi connectivity index (χ2v) is 10.6. The maximum absolute atomic E-state index is 14.7. The summed E-state index contributed by atoms with van der Waals surface area (Å²) in [6, 6.07) is 32.4. The number of benzene rings is 4. The first kappa shape index (κ1) is 26.3. The van der Waals surface area contributed by atoms with Gasteiger partial charge in [0.15, 0.2) is 17.3 Å². The molecule has 3 atom stereocenters. The van der Waals surface area contributed by atoms with Gasteiger partial charge in [-0.2, -0.15) is 0 Å². The summed E-state index contributed by atoms with van der Waals surface area (Å²) in [5, 5.41) is 0. The molecule has 41 heavy (non-hydrogen) atoms. The minimum Gasteiger partial charge on any atom is -0.496 e. The zero-order valence-electron chi connectivity index (χ0n) is 22.5. The van der Waals surface area contributed by atoms with Crippen LogP contribution in [0, 0.1) is 11.3 Å². The van der Waals surface area contributed by atoms with Gasteiger partial charge in [-0.05, 0) is 28.8 Å². The number of methoxy groups -OCH3 is 1. The molecule has 0 heterocycles. The van der Waals surface area contributed by atoms with Gasteiger partial charge in [0.05, 0.1) is 13.0 Å². The molecule has 2 aliphatic carbocycles. The number of fused-ring (bicyclic) bond motifs is 1. The van der Waals surface area contributed by atoms with Gasteiger partial charge in [0.1, 0.15) is 16.9 Å². The molecular formula is C36H28O5. The van der Waals surface area contributed by atoms with Crippen molar-refractivity contribution in [2.75, 3.05) is 7.11 Å². The fourth-order valence-electron chi connectivity index (χ4n) is 6.76. The van der Waals surface area contributed by atoms with Crippen molar-refractivity contribution in [3.8, 4) is 5.75 Å². The molecule has 4 aromatic rings. The lowest BCUT2D eigenvalue weighted by Crippen LogP contribution is -2.55. The van der Waals surface area contributed by atoms with Crippen LogP contribution in [-0.2, 0) is 9.59 Å². The molecule has 0 radical (unpaired) electrons. The highest BCUT2D eigenvalue weighted by molar-refractivity contribution is 6.32. The van der Waals surface area contributed by atoms with E-state index in [1.165, 1.54) is 13.2 Å². The predicted octanol–water partition coefficient (Wildman–Crippen LogP) is 6.50. The molecule has 1 fully saturated rings. The van der Waals surface area contributed by atoms with Crippen LogP contribution < -0.4 is 4.74 Å². The van der Waals surface area contributed by atoms with Crippen molar-refractivity contribution in [3.63, 3.8) is 0 Å². The number of allylic oxidation sites excluding steroid dienone is 1. The Morgan fingerprint density at radius 1 is 0.756 bits per heavy atom. The Hall–Kier alpha value is -4.90. The second-order valence-electron chi connectivity index (χ2n) is 10.6. The molecule has 6 rings (SSSR count). The number of rotatable bonds is 6. The SMILES string of the molecule is COc1ccccc1C1C(C(=O)/C=C/c2ccccc2)C(=O)CC(c2ccccc2)C12C(=O)c1ccccc1C2=O. The summed E-state index contributed by atoms with van der Waals surface area (Å²) >= 11 is 0. The van der Waals surface area contributed by atoms with Crippen molar-refractivity contribution in [1.82, 2.24) is 0 Å². The van der Waals surface area contributed by atoms with Crippen molar-refractivity contribution < 1.29 is 23.9 Å². The third kappa shape index (κ3) is 4.16. The average Bonchev–Trinajstić information content (AvgIpc) is 3.24. The molecule has 5 heteroatoms. The fraction of sp³-hybridized carbons (Fsp3) is 0.167. The van der Waals surface area contributed by atoms with E-state index in [1.807, 2.05) is 60.7 Å². The van der Waals surface area contributed by atoms with Crippen molar-refractivity contribution in [2.45, 2.75) is 18.3 Å². The van der Waals surface area contributed by atoms with Crippen LogP contribution in [0.2, 0.25) is 0 Å². The summed E-state index contributed by atoms with van der Waals surface area (Å²) < 4.78 is 5.72. The van der Waals surface area contributed by atoms with Gasteiger partial charge in [0.25, 0.3) is 0 Å². The average molecular weight is 541 g/mol. The van der Waals surface area contributed by atoms with Crippen molar-refractivity contribution in [1.29, 1.82) is 0 Å². The quantitative estimate of drug-likeness (QED) is 0.206. The number of carbonyl (C=O) groups excluding carboxylic acids is 4. The topological polar surface area (TPSA) is 77.5 Å². The highest BCUT2D eigenvalue weighted by Gasteiger charge is 2.68. The largest absolute Gasteiger partial charge is 0.496 e. The second kappa shape index (κ2) is 10.6. The van der Waals surface area contributed by atoms with Gasteiger partial charge in [-0.1, -0.05) is 109 Å². The fourth-order valence-corrected chi connectivity index (χ4v) is 6.76. The smallest absolute Gasteiger partial charge is 0.178 e.